The van der Waals surface area contributed by atoms with Gasteiger partial charge >= 0.3 is 0 Å². The van der Waals surface area contributed by atoms with Crippen LogP contribution < -0.4 is 5.32 Å². The van der Waals surface area contributed by atoms with Gasteiger partial charge in [-0.2, -0.15) is 0 Å². The van der Waals surface area contributed by atoms with Crippen LogP contribution in [0.2, 0.25) is 0 Å². The van der Waals surface area contributed by atoms with Gasteiger partial charge in [-0.1, -0.05) is 37.1 Å². The zero-order chi connectivity index (χ0) is 15.4. The SMILES string of the molecule is Cc1ccccc1CC(=O)NC1CCCCC1N1CCCC1. The van der Waals surface area contributed by atoms with E-state index in [0.717, 1.165) is 12.0 Å². The second-order valence-electron chi connectivity index (χ2n) is 6.87. The molecule has 2 fully saturated rings. The third kappa shape index (κ3) is 3.70. The number of aryl methyl sites for hydroxylation is 1. The fraction of sp³-hybridized carbons (Fsp3) is 0.632. The maximum absolute atomic E-state index is 12.5. The second kappa shape index (κ2) is 7.28. The van der Waals surface area contributed by atoms with Crippen molar-refractivity contribution in [1.29, 1.82) is 0 Å². The highest BCUT2D eigenvalue weighted by Gasteiger charge is 2.32. The summed E-state index contributed by atoms with van der Waals surface area (Å²) in [5.74, 6) is 0.186. The maximum atomic E-state index is 12.5. The molecule has 1 saturated heterocycles. The van der Waals surface area contributed by atoms with Gasteiger partial charge in [0.2, 0.25) is 5.91 Å². The lowest BCUT2D eigenvalue weighted by Crippen LogP contribution is -2.52. The summed E-state index contributed by atoms with van der Waals surface area (Å²) in [6.45, 7) is 4.51. The van der Waals surface area contributed by atoms with Crippen LogP contribution in [0, 0.1) is 6.92 Å². The van der Waals surface area contributed by atoms with Gasteiger partial charge in [-0.3, -0.25) is 9.69 Å². The van der Waals surface area contributed by atoms with Crippen LogP contribution in [0.5, 0.6) is 0 Å². The molecule has 1 amide bonds. The van der Waals surface area contributed by atoms with E-state index in [1.807, 2.05) is 12.1 Å². The normalized spacial score (nSPS) is 26.0. The molecule has 0 spiro atoms. The topological polar surface area (TPSA) is 32.3 Å². The van der Waals surface area contributed by atoms with Crippen LogP contribution in [-0.2, 0) is 11.2 Å². The van der Waals surface area contributed by atoms with Crippen molar-refractivity contribution in [2.75, 3.05) is 13.1 Å². The number of nitrogens with zero attached hydrogens (tertiary/aromatic N) is 1. The van der Waals surface area contributed by atoms with Gasteiger partial charge in [-0.05, 0) is 56.8 Å². The third-order valence-corrected chi connectivity index (χ3v) is 5.30. The molecule has 3 heteroatoms. The molecule has 3 nitrogen and oxygen atoms in total. The molecule has 0 aromatic heterocycles. The summed E-state index contributed by atoms with van der Waals surface area (Å²) >= 11 is 0. The molecule has 2 unspecified atom stereocenters. The smallest absolute Gasteiger partial charge is 0.224 e. The number of nitrogens with one attached hydrogen (secondary N) is 1. The van der Waals surface area contributed by atoms with E-state index >= 15 is 0 Å². The highest BCUT2D eigenvalue weighted by Crippen LogP contribution is 2.26. The summed E-state index contributed by atoms with van der Waals surface area (Å²) in [6, 6.07) is 9.11. The van der Waals surface area contributed by atoms with Crippen molar-refractivity contribution >= 4 is 5.91 Å². The Labute approximate surface area is 134 Å². The zero-order valence-electron chi connectivity index (χ0n) is 13.7. The van der Waals surface area contributed by atoms with Crippen LogP contribution in [0.1, 0.15) is 49.7 Å². The Morgan fingerprint density at radius 3 is 2.64 bits per heavy atom. The van der Waals surface area contributed by atoms with Crippen LogP contribution in [0.3, 0.4) is 0 Å². The number of carbonyl (C=O) groups excluding carboxylic acids is 1. The van der Waals surface area contributed by atoms with Crippen molar-refractivity contribution in [3.8, 4) is 0 Å². The minimum absolute atomic E-state index is 0.186. The number of amides is 1. The quantitative estimate of drug-likeness (QED) is 0.927. The fourth-order valence-corrected chi connectivity index (χ4v) is 4.03. The molecule has 1 aromatic rings. The summed E-state index contributed by atoms with van der Waals surface area (Å²) < 4.78 is 0. The second-order valence-corrected chi connectivity index (χ2v) is 6.87. The Morgan fingerprint density at radius 1 is 1.14 bits per heavy atom. The highest BCUT2D eigenvalue weighted by atomic mass is 16.1. The van der Waals surface area contributed by atoms with Crippen molar-refractivity contribution in [3.05, 3.63) is 35.4 Å². The fourth-order valence-electron chi connectivity index (χ4n) is 4.03. The molecular weight excluding hydrogens is 272 g/mol. The molecule has 0 radical (unpaired) electrons. The average molecular weight is 300 g/mol. The predicted octanol–water partition coefficient (Wildman–Crippen LogP) is 3.06. The minimum atomic E-state index is 0.186. The first-order valence-electron chi connectivity index (χ1n) is 8.82. The van der Waals surface area contributed by atoms with Gasteiger partial charge < -0.3 is 5.32 Å². The molecule has 2 aliphatic rings. The van der Waals surface area contributed by atoms with Gasteiger partial charge in [-0.15, -0.1) is 0 Å². The van der Waals surface area contributed by atoms with Crippen molar-refractivity contribution in [2.24, 2.45) is 0 Å². The van der Waals surface area contributed by atoms with E-state index in [2.05, 4.69) is 29.3 Å². The molecular formula is C19H28N2O. The van der Waals surface area contributed by atoms with Crippen molar-refractivity contribution in [3.63, 3.8) is 0 Å². The molecule has 2 atom stereocenters. The number of rotatable bonds is 4. The summed E-state index contributed by atoms with van der Waals surface area (Å²) in [5, 5.41) is 3.34. The Balaban J connectivity index is 1.60. The lowest BCUT2D eigenvalue weighted by Gasteiger charge is -2.38. The van der Waals surface area contributed by atoms with Crippen molar-refractivity contribution in [2.45, 2.75) is 64.0 Å². The van der Waals surface area contributed by atoms with E-state index in [4.69, 9.17) is 0 Å². The minimum Gasteiger partial charge on any atom is -0.352 e. The average Bonchev–Trinajstić information content (AvgIpc) is 3.04. The standard InChI is InChI=1S/C19H28N2O/c1-15-8-2-3-9-16(15)14-19(22)20-17-10-4-5-11-18(17)21-12-6-7-13-21/h2-3,8-9,17-18H,4-7,10-14H2,1H3,(H,20,22). The Kier molecular flexibility index (Phi) is 5.14. The number of carbonyl (C=O) groups is 1. The zero-order valence-corrected chi connectivity index (χ0v) is 13.7. The van der Waals surface area contributed by atoms with Crippen LogP contribution in [-0.4, -0.2) is 36.0 Å². The van der Waals surface area contributed by atoms with Crippen LogP contribution >= 0.6 is 0 Å². The Bertz CT molecular complexity index is 508. The summed E-state index contributed by atoms with van der Waals surface area (Å²) in [6.07, 6.45) is 8.09. The number of benzene rings is 1. The van der Waals surface area contributed by atoms with Crippen molar-refractivity contribution < 1.29 is 4.79 Å². The largest absolute Gasteiger partial charge is 0.352 e. The molecule has 1 heterocycles. The molecule has 0 bridgehead atoms. The van der Waals surface area contributed by atoms with Gasteiger partial charge in [0.25, 0.3) is 0 Å². The molecule has 1 saturated carbocycles. The van der Waals surface area contributed by atoms with E-state index < -0.39 is 0 Å². The first-order chi connectivity index (χ1) is 10.7. The summed E-state index contributed by atoms with van der Waals surface area (Å²) in [4.78, 5) is 15.1. The van der Waals surface area contributed by atoms with Crippen molar-refractivity contribution in [1.82, 2.24) is 10.2 Å². The summed E-state index contributed by atoms with van der Waals surface area (Å²) in [5.41, 5.74) is 2.35. The molecule has 1 aromatic carbocycles. The molecule has 1 aliphatic heterocycles. The lowest BCUT2D eigenvalue weighted by atomic mass is 9.89. The molecule has 22 heavy (non-hydrogen) atoms. The van der Waals surface area contributed by atoms with E-state index in [0.29, 0.717) is 18.5 Å². The van der Waals surface area contributed by atoms with Gasteiger partial charge in [0.1, 0.15) is 0 Å². The predicted molar refractivity (Wildman–Crippen MR) is 89.9 cm³/mol. The lowest BCUT2D eigenvalue weighted by molar-refractivity contribution is -0.121. The van der Waals surface area contributed by atoms with Crippen LogP contribution in [0.25, 0.3) is 0 Å². The number of hydrogen-bond acceptors (Lipinski definition) is 2. The summed E-state index contributed by atoms with van der Waals surface area (Å²) in [7, 11) is 0. The molecule has 1 N–H and O–H groups in total. The van der Waals surface area contributed by atoms with Gasteiger partial charge in [0.05, 0.1) is 6.42 Å². The Morgan fingerprint density at radius 2 is 1.86 bits per heavy atom. The molecule has 3 rings (SSSR count). The number of likely N-dealkylation sites (tertiary alicyclic amines) is 1. The van der Waals surface area contributed by atoms with E-state index in [-0.39, 0.29) is 5.91 Å². The highest BCUT2D eigenvalue weighted by molar-refractivity contribution is 5.79. The number of hydrogen-bond donors (Lipinski definition) is 1. The molecule has 120 valence electrons. The Hall–Kier alpha value is -1.35. The van der Waals surface area contributed by atoms with Gasteiger partial charge in [0.15, 0.2) is 0 Å². The first kappa shape index (κ1) is 15.5. The van der Waals surface area contributed by atoms with E-state index in [1.165, 1.54) is 50.8 Å². The molecule has 1 aliphatic carbocycles. The van der Waals surface area contributed by atoms with Crippen LogP contribution in [0.15, 0.2) is 24.3 Å². The van der Waals surface area contributed by atoms with Crippen LogP contribution in [0.4, 0.5) is 0 Å². The monoisotopic (exact) mass is 300 g/mol. The van der Waals surface area contributed by atoms with E-state index in [1.54, 1.807) is 0 Å². The maximum Gasteiger partial charge on any atom is 0.224 e. The van der Waals surface area contributed by atoms with E-state index in [9.17, 15) is 4.79 Å². The van der Waals surface area contributed by atoms with Gasteiger partial charge in [-0.25, -0.2) is 0 Å². The first-order valence-corrected chi connectivity index (χ1v) is 8.82. The van der Waals surface area contributed by atoms with Gasteiger partial charge in [0, 0.05) is 12.1 Å². The third-order valence-electron chi connectivity index (χ3n) is 5.30.